The summed E-state index contributed by atoms with van der Waals surface area (Å²) in [6, 6.07) is -1.38. The van der Waals surface area contributed by atoms with Gasteiger partial charge in [0.2, 0.25) is 5.91 Å². The maximum absolute atomic E-state index is 12.2. The molecule has 2 aromatic rings. The van der Waals surface area contributed by atoms with Gasteiger partial charge in [-0.05, 0) is 6.92 Å². The standard InChI is InChI=1S/C12H16N6O3/c1-8(18-7-14-6-16-18)11(19)17-10(12(20)21-2)3-9-4-13-5-15-9/h4-8,10H,3H2,1-2H3,(H,13,15)(H,17,19)/t8?,10-/m0/s1. The van der Waals surface area contributed by atoms with Crippen LogP contribution in [-0.4, -0.2) is 49.8 Å². The van der Waals surface area contributed by atoms with Gasteiger partial charge in [-0.15, -0.1) is 0 Å². The minimum Gasteiger partial charge on any atom is -0.467 e. The largest absolute Gasteiger partial charge is 0.467 e. The molecule has 0 bridgehead atoms. The van der Waals surface area contributed by atoms with Gasteiger partial charge in [-0.3, -0.25) is 4.79 Å². The van der Waals surface area contributed by atoms with E-state index in [0.717, 1.165) is 5.69 Å². The zero-order valence-electron chi connectivity index (χ0n) is 11.7. The van der Waals surface area contributed by atoms with Crippen LogP contribution in [0.1, 0.15) is 18.7 Å². The van der Waals surface area contributed by atoms with Gasteiger partial charge in [-0.2, -0.15) is 5.10 Å². The van der Waals surface area contributed by atoms with Crippen LogP contribution >= 0.6 is 0 Å². The number of methoxy groups -OCH3 is 1. The highest BCUT2D eigenvalue weighted by Gasteiger charge is 2.25. The second-order valence-electron chi connectivity index (χ2n) is 4.42. The minimum absolute atomic E-state index is 0.266. The molecule has 0 saturated heterocycles. The third-order valence-corrected chi connectivity index (χ3v) is 2.99. The molecule has 21 heavy (non-hydrogen) atoms. The highest BCUT2D eigenvalue weighted by atomic mass is 16.5. The van der Waals surface area contributed by atoms with E-state index >= 15 is 0 Å². The molecular weight excluding hydrogens is 276 g/mol. The van der Waals surface area contributed by atoms with Crippen LogP contribution in [0.3, 0.4) is 0 Å². The molecule has 0 aliphatic carbocycles. The number of ether oxygens (including phenoxy) is 1. The van der Waals surface area contributed by atoms with Gasteiger partial charge in [0.05, 0.1) is 13.4 Å². The Hall–Kier alpha value is -2.71. The lowest BCUT2D eigenvalue weighted by Crippen LogP contribution is -2.45. The van der Waals surface area contributed by atoms with E-state index in [9.17, 15) is 9.59 Å². The lowest BCUT2D eigenvalue weighted by atomic mass is 10.1. The van der Waals surface area contributed by atoms with Gasteiger partial charge in [0.25, 0.3) is 0 Å². The Morgan fingerprint density at radius 2 is 2.29 bits per heavy atom. The number of nitrogens with one attached hydrogen (secondary N) is 2. The summed E-state index contributed by atoms with van der Waals surface area (Å²) in [5.74, 6) is -0.876. The lowest BCUT2D eigenvalue weighted by molar-refractivity contribution is -0.145. The Labute approximate surface area is 120 Å². The number of esters is 1. The first-order valence-electron chi connectivity index (χ1n) is 6.31. The van der Waals surface area contributed by atoms with Gasteiger partial charge in [0.15, 0.2) is 0 Å². The van der Waals surface area contributed by atoms with Crippen molar-refractivity contribution in [3.8, 4) is 0 Å². The van der Waals surface area contributed by atoms with Crippen molar-refractivity contribution in [1.29, 1.82) is 0 Å². The number of hydrogen-bond donors (Lipinski definition) is 2. The molecule has 2 atom stereocenters. The van der Waals surface area contributed by atoms with E-state index in [1.807, 2.05) is 0 Å². The highest BCUT2D eigenvalue weighted by molar-refractivity contribution is 5.86. The van der Waals surface area contributed by atoms with Crippen molar-refractivity contribution in [2.24, 2.45) is 0 Å². The van der Waals surface area contributed by atoms with Gasteiger partial charge < -0.3 is 15.0 Å². The van der Waals surface area contributed by atoms with E-state index in [4.69, 9.17) is 4.74 Å². The number of hydrogen-bond acceptors (Lipinski definition) is 6. The third-order valence-electron chi connectivity index (χ3n) is 2.99. The first kappa shape index (κ1) is 14.7. The molecule has 0 saturated carbocycles. The summed E-state index contributed by atoms with van der Waals surface area (Å²) in [7, 11) is 1.27. The van der Waals surface area contributed by atoms with E-state index in [-0.39, 0.29) is 12.3 Å². The summed E-state index contributed by atoms with van der Waals surface area (Å²) in [6.45, 7) is 1.66. The minimum atomic E-state index is -0.797. The molecule has 112 valence electrons. The molecule has 9 heteroatoms. The van der Waals surface area contributed by atoms with Crippen LogP contribution < -0.4 is 5.32 Å². The molecule has 0 radical (unpaired) electrons. The van der Waals surface area contributed by atoms with Crippen LogP contribution in [0.25, 0.3) is 0 Å². The predicted octanol–water partition coefficient (Wildman–Crippen LogP) is -0.537. The number of imidazole rings is 1. The number of aromatic amines is 1. The van der Waals surface area contributed by atoms with Crippen LogP contribution in [0.5, 0.6) is 0 Å². The van der Waals surface area contributed by atoms with Gasteiger partial charge in [-0.1, -0.05) is 0 Å². The van der Waals surface area contributed by atoms with Crippen molar-refractivity contribution >= 4 is 11.9 Å². The maximum atomic E-state index is 12.2. The quantitative estimate of drug-likeness (QED) is 0.691. The first-order valence-corrected chi connectivity index (χ1v) is 6.31. The molecule has 2 rings (SSSR count). The van der Waals surface area contributed by atoms with Gasteiger partial charge >= 0.3 is 5.97 Å². The SMILES string of the molecule is COC(=O)[C@H](Cc1cnc[nH]1)NC(=O)C(C)n1cncn1. The Balaban J connectivity index is 2.04. The Bertz CT molecular complexity index is 580. The van der Waals surface area contributed by atoms with Gasteiger partial charge in [0, 0.05) is 18.3 Å². The predicted molar refractivity (Wildman–Crippen MR) is 71.0 cm³/mol. The molecule has 0 aromatic carbocycles. The van der Waals surface area contributed by atoms with Crippen molar-refractivity contribution in [1.82, 2.24) is 30.0 Å². The van der Waals surface area contributed by atoms with Crippen molar-refractivity contribution in [3.63, 3.8) is 0 Å². The van der Waals surface area contributed by atoms with Crippen molar-refractivity contribution in [2.45, 2.75) is 25.4 Å². The van der Waals surface area contributed by atoms with Crippen LogP contribution in [0.4, 0.5) is 0 Å². The number of aromatic nitrogens is 5. The molecule has 2 aromatic heterocycles. The Kier molecular flexibility index (Phi) is 4.64. The molecule has 0 aliphatic rings. The van der Waals surface area contributed by atoms with E-state index in [0.29, 0.717) is 0 Å². The Morgan fingerprint density at radius 1 is 1.48 bits per heavy atom. The molecule has 2 heterocycles. The second kappa shape index (κ2) is 6.64. The zero-order valence-corrected chi connectivity index (χ0v) is 11.7. The van der Waals surface area contributed by atoms with Gasteiger partial charge in [-0.25, -0.2) is 19.4 Å². The van der Waals surface area contributed by atoms with Crippen LogP contribution in [0.2, 0.25) is 0 Å². The van der Waals surface area contributed by atoms with E-state index in [1.54, 1.807) is 13.1 Å². The van der Waals surface area contributed by atoms with E-state index < -0.39 is 18.1 Å². The van der Waals surface area contributed by atoms with Crippen LogP contribution in [0, 0.1) is 0 Å². The summed E-state index contributed by atoms with van der Waals surface area (Å²) in [5, 5.41) is 6.54. The number of H-pyrrole nitrogens is 1. The summed E-state index contributed by atoms with van der Waals surface area (Å²) < 4.78 is 6.11. The number of carbonyl (C=O) groups excluding carboxylic acids is 2. The van der Waals surface area contributed by atoms with E-state index in [1.165, 1.54) is 30.8 Å². The van der Waals surface area contributed by atoms with Crippen molar-refractivity contribution in [3.05, 3.63) is 30.9 Å². The molecule has 1 amide bonds. The Morgan fingerprint density at radius 3 is 2.86 bits per heavy atom. The maximum Gasteiger partial charge on any atom is 0.328 e. The van der Waals surface area contributed by atoms with Crippen molar-refractivity contribution < 1.29 is 14.3 Å². The van der Waals surface area contributed by atoms with Crippen LogP contribution in [0.15, 0.2) is 25.2 Å². The van der Waals surface area contributed by atoms with Gasteiger partial charge in [0.1, 0.15) is 24.7 Å². The molecule has 0 aliphatic heterocycles. The number of nitrogens with zero attached hydrogens (tertiary/aromatic N) is 4. The summed E-state index contributed by atoms with van der Waals surface area (Å²) in [5.41, 5.74) is 0.721. The molecule has 1 unspecified atom stereocenters. The molecule has 2 N–H and O–H groups in total. The monoisotopic (exact) mass is 292 g/mol. The fraction of sp³-hybridized carbons (Fsp3) is 0.417. The number of rotatable bonds is 6. The summed E-state index contributed by atoms with van der Waals surface area (Å²) in [4.78, 5) is 34.5. The highest BCUT2D eigenvalue weighted by Crippen LogP contribution is 2.06. The zero-order chi connectivity index (χ0) is 15.2. The van der Waals surface area contributed by atoms with E-state index in [2.05, 4.69) is 25.4 Å². The molecular formula is C12H16N6O3. The normalized spacial score (nSPS) is 13.4. The molecule has 0 fully saturated rings. The average Bonchev–Trinajstić information content (AvgIpc) is 3.17. The first-order chi connectivity index (χ1) is 10.1. The number of amides is 1. The topological polar surface area (TPSA) is 115 Å². The summed E-state index contributed by atoms with van der Waals surface area (Å²) in [6.07, 6.45) is 6.13. The molecule has 0 spiro atoms. The lowest BCUT2D eigenvalue weighted by Gasteiger charge is -2.18. The smallest absolute Gasteiger partial charge is 0.328 e. The molecule has 9 nitrogen and oxygen atoms in total. The summed E-state index contributed by atoms with van der Waals surface area (Å²) >= 11 is 0. The third kappa shape index (κ3) is 3.65. The van der Waals surface area contributed by atoms with Crippen molar-refractivity contribution in [2.75, 3.05) is 7.11 Å². The average molecular weight is 292 g/mol. The fourth-order valence-electron chi connectivity index (χ4n) is 1.78. The fourth-order valence-corrected chi connectivity index (χ4v) is 1.78. The number of carbonyl (C=O) groups is 2. The van der Waals surface area contributed by atoms with Crippen LogP contribution in [-0.2, 0) is 20.7 Å². The second-order valence-corrected chi connectivity index (χ2v) is 4.42.